The minimum atomic E-state index is -0.741. The molecule has 3 heterocycles. The van der Waals surface area contributed by atoms with Crippen LogP contribution in [0, 0.1) is 5.92 Å². The molecule has 4 aromatic carbocycles. The first kappa shape index (κ1) is 29.3. The summed E-state index contributed by atoms with van der Waals surface area (Å²) < 4.78 is 12.3. The van der Waals surface area contributed by atoms with Gasteiger partial charge in [-0.3, -0.25) is 19.2 Å². The average molecular weight is 703 g/mol. The summed E-state index contributed by atoms with van der Waals surface area (Å²) in [5.74, 6) is -1.63. The summed E-state index contributed by atoms with van der Waals surface area (Å²) in [5, 5.41) is 4.80. The van der Waals surface area contributed by atoms with E-state index in [9.17, 15) is 19.2 Å². The number of H-pyrrole nitrogens is 1. The summed E-state index contributed by atoms with van der Waals surface area (Å²) in [4.78, 5) is 57.3. The maximum atomic E-state index is 14.0. The van der Waals surface area contributed by atoms with Gasteiger partial charge in [-0.2, -0.15) is 0 Å². The Labute approximate surface area is 273 Å². The van der Waals surface area contributed by atoms with Crippen LogP contribution in [0.5, 0.6) is 11.5 Å². The molecular weight excluding hydrogens is 678 g/mol. The first-order chi connectivity index (χ1) is 21.8. The maximum Gasteiger partial charge on any atom is 0.305 e. The Bertz CT molecular complexity index is 2040. The highest BCUT2D eigenvalue weighted by molar-refractivity contribution is 9.10. The zero-order chi connectivity index (χ0) is 31.2. The van der Waals surface area contributed by atoms with E-state index < -0.39 is 17.1 Å². The predicted molar refractivity (Wildman–Crippen MR) is 178 cm³/mol. The Morgan fingerprint density at radius 2 is 1.71 bits per heavy atom. The van der Waals surface area contributed by atoms with E-state index in [2.05, 4.69) is 26.2 Å². The van der Waals surface area contributed by atoms with Gasteiger partial charge in [-0.1, -0.05) is 75.4 Å². The van der Waals surface area contributed by atoms with Crippen molar-refractivity contribution in [1.82, 2.24) is 4.98 Å². The lowest BCUT2D eigenvalue weighted by molar-refractivity contribution is -0.122. The van der Waals surface area contributed by atoms with Gasteiger partial charge in [0.25, 0.3) is 5.91 Å². The molecule has 7 rings (SSSR count). The number of carbonyl (C=O) groups excluding carboxylic acids is 3. The monoisotopic (exact) mass is 701 g/mol. The van der Waals surface area contributed by atoms with Crippen LogP contribution in [-0.4, -0.2) is 41.7 Å². The normalized spacial score (nSPS) is 18.9. The number of carbonyl (C=O) groups is 3. The number of ether oxygens (including phenoxy) is 2. The van der Waals surface area contributed by atoms with Gasteiger partial charge in [-0.15, -0.1) is 0 Å². The van der Waals surface area contributed by atoms with Crippen molar-refractivity contribution >= 4 is 78.9 Å². The number of hydrogen-bond acceptors (Lipinski definition) is 8. The van der Waals surface area contributed by atoms with Crippen LogP contribution in [0.25, 0.3) is 10.8 Å². The molecule has 3 atom stereocenters. The average Bonchev–Trinajstić information content (AvgIpc) is 3.54. The first-order valence-electron chi connectivity index (χ1n) is 13.9. The molecule has 1 aromatic heterocycles. The van der Waals surface area contributed by atoms with Crippen molar-refractivity contribution in [2.24, 2.45) is 5.92 Å². The molecule has 1 fully saturated rings. The molecule has 2 aliphatic rings. The lowest BCUT2D eigenvalue weighted by atomic mass is 9.83. The van der Waals surface area contributed by atoms with Gasteiger partial charge in [-0.05, 0) is 64.9 Å². The van der Waals surface area contributed by atoms with Crippen LogP contribution in [0.2, 0.25) is 0 Å². The molecular formula is C33H24BrN3O6S2. The molecule has 9 nitrogen and oxygen atoms in total. The molecule has 1 saturated heterocycles. The van der Waals surface area contributed by atoms with Crippen molar-refractivity contribution in [2.75, 3.05) is 23.9 Å². The summed E-state index contributed by atoms with van der Waals surface area (Å²) in [6.45, 7) is -0.258. The maximum absolute atomic E-state index is 14.0. The second kappa shape index (κ2) is 11.8. The van der Waals surface area contributed by atoms with Crippen molar-refractivity contribution < 1.29 is 23.9 Å². The zero-order valence-electron chi connectivity index (χ0n) is 23.6. The SMILES string of the molecule is COc1cc([C@H]2c3sc(=O)[nH]c3SC3C(=O)N(c4ccc(Br)cc4)C(=O)C32)ccc1OCC(=O)Nc1ccc2ccccc2c1. The van der Waals surface area contributed by atoms with Crippen LogP contribution in [0.4, 0.5) is 11.4 Å². The number of benzene rings is 4. The van der Waals surface area contributed by atoms with Gasteiger partial charge >= 0.3 is 4.87 Å². The Balaban J connectivity index is 1.15. The van der Waals surface area contributed by atoms with Crippen LogP contribution >= 0.6 is 39.0 Å². The number of halogens is 1. The Morgan fingerprint density at radius 3 is 2.49 bits per heavy atom. The number of thiazole rings is 1. The third-order valence-electron chi connectivity index (χ3n) is 7.85. The number of nitrogens with one attached hydrogen (secondary N) is 2. The number of amides is 3. The van der Waals surface area contributed by atoms with Gasteiger partial charge in [0.05, 0.1) is 23.7 Å². The molecule has 3 amide bonds. The van der Waals surface area contributed by atoms with Gasteiger partial charge in [0.1, 0.15) is 5.25 Å². The highest BCUT2D eigenvalue weighted by Gasteiger charge is 2.56. The highest BCUT2D eigenvalue weighted by Crippen LogP contribution is 2.53. The van der Waals surface area contributed by atoms with Crippen molar-refractivity contribution in [3.05, 3.63) is 110 Å². The number of aromatic amines is 1. The smallest absolute Gasteiger partial charge is 0.305 e. The summed E-state index contributed by atoms with van der Waals surface area (Å²) in [5.41, 5.74) is 1.83. The molecule has 0 aliphatic carbocycles. The van der Waals surface area contributed by atoms with Crippen molar-refractivity contribution in [1.29, 1.82) is 0 Å². The van der Waals surface area contributed by atoms with E-state index in [0.29, 0.717) is 38.3 Å². The van der Waals surface area contributed by atoms with E-state index in [1.165, 1.54) is 23.8 Å². The number of rotatable bonds is 7. The number of imide groups is 1. The molecule has 0 radical (unpaired) electrons. The predicted octanol–water partition coefficient (Wildman–Crippen LogP) is 6.17. The Hall–Kier alpha value is -4.39. The van der Waals surface area contributed by atoms with Crippen molar-refractivity contribution in [2.45, 2.75) is 16.2 Å². The van der Waals surface area contributed by atoms with E-state index in [0.717, 1.165) is 26.6 Å². The van der Waals surface area contributed by atoms with Gasteiger partial charge in [0, 0.05) is 21.0 Å². The standard InChI is InChI=1S/C33H24BrN3O6S2/c1-42-24-15-19(7-13-23(24)43-16-25(38)35-21-10-6-17-4-2-3-5-18(17)14-21)26-27-29(44-30-28(26)45-33(41)36-30)32(40)37(31(27)39)22-11-8-20(34)9-12-22/h2-15,26-27,29H,16H2,1H3,(H,35,38)(H,36,41)/t26-,27?,29?/m1/s1. The molecule has 226 valence electrons. The van der Waals surface area contributed by atoms with E-state index >= 15 is 0 Å². The number of methoxy groups -OCH3 is 1. The van der Waals surface area contributed by atoms with Crippen LogP contribution in [-0.2, 0) is 14.4 Å². The molecule has 45 heavy (non-hydrogen) atoms. The van der Waals surface area contributed by atoms with Crippen molar-refractivity contribution in [3.63, 3.8) is 0 Å². The quantitative estimate of drug-likeness (QED) is 0.195. The van der Waals surface area contributed by atoms with E-state index in [-0.39, 0.29) is 29.2 Å². The lowest BCUT2D eigenvalue weighted by Gasteiger charge is -2.30. The summed E-state index contributed by atoms with van der Waals surface area (Å²) >= 11 is 5.65. The van der Waals surface area contributed by atoms with Gasteiger partial charge in [-0.25, -0.2) is 4.90 Å². The fourth-order valence-electron chi connectivity index (χ4n) is 5.83. The van der Waals surface area contributed by atoms with Crippen LogP contribution in [0.3, 0.4) is 0 Å². The van der Waals surface area contributed by atoms with Crippen molar-refractivity contribution in [3.8, 4) is 11.5 Å². The lowest BCUT2D eigenvalue weighted by Crippen LogP contribution is -2.32. The molecule has 0 spiro atoms. The summed E-state index contributed by atoms with van der Waals surface area (Å²) in [6.07, 6.45) is 0. The third kappa shape index (κ3) is 5.43. The molecule has 0 saturated carbocycles. The van der Waals surface area contributed by atoms with Gasteiger partial charge < -0.3 is 19.8 Å². The molecule has 5 aromatic rings. The molecule has 0 bridgehead atoms. The van der Waals surface area contributed by atoms with Gasteiger partial charge in [0.2, 0.25) is 11.8 Å². The largest absolute Gasteiger partial charge is 0.493 e. The minimum Gasteiger partial charge on any atom is -0.493 e. The molecule has 2 unspecified atom stereocenters. The van der Waals surface area contributed by atoms with E-state index in [1.54, 1.807) is 42.5 Å². The molecule has 12 heteroatoms. The number of fused-ring (bicyclic) bond motifs is 3. The number of thioether (sulfide) groups is 1. The third-order valence-corrected chi connectivity index (χ3v) is 10.8. The fourth-order valence-corrected chi connectivity index (χ4v) is 8.60. The van der Waals surface area contributed by atoms with Gasteiger partial charge in [0.15, 0.2) is 18.1 Å². The first-order valence-corrected chi connectivity index (χ1v) is 16.4. The van der Waals surface area contributed by atoms with E-state index in [1.807, 2.05) is 42.5 Å². The second-order valence-electron chi connectivity index (χ2n) is 10.5. The summed E-state index contributed by atoms with van der Waals surface area (Å²) in [6, 6.07) is 25.8. The minimum absolute atomic E-state index is 0.258. The molecule has 2 aliphatic heterocycles. The van der Waals surface area contributed by atoms with E-state index in [4.69, 9.17) is 9.47 Å². The zero-order valence-corrected chi connectivity index (χ0v) is 26.8. The van der Waals surface area contributed by atoms with Crippen LogP contribution in [0.1, 0.15) is 16.4 Å². The number of anilines is 2. The Kier molecular flexibility index (Phi) is 7.72. The number of hydrogen-bond donors (Lipinski definition) is 2. The number of nitrogens with zero attached hydrogens (tertiary/aromatic N) is 1. The topological polar surface area (TPSA) is 118 Å². The highest BCUT2D eigenvalue weighted by atomic mass is 79.9. The number of aromatic nitrogens is 1. The van der Waals surface area contributed by atoms with Crippen LogP contribution < -0.4 is 24.6 Å². The second-order valence-corrected chi connectivity index (χ2v) is 13.6. The fraction of sp³-hybridized carbons (Fsp3) is 0.152. The molecule has 2 N–H and O–H groups in total. The Morgan fingerprint density at radius 1 is 0.933 bits per heavy atom. The summed E-state index contributed by atoms with van der Waals surface area (Å²) in [7, 11) is 1.49. The van der Waals surface area contributed by atoms with Crippen LogP contribution in [0.15, 0.2) is 99.2 Å².